The smallest absolute Gasteiger partial charge is 0.416 e. The number of amides is 2. The van der Waals surface area contributed by atoms with Gasteiger partial charge >= 0.3 is 12.3 Å². The first kappa shape index (κ1) is 20.2. The van der Waals surface area contributed by atoms with Crippen molar-refractivity contribution in [2.75, 3.05) is 18.5 Å². The number of furan rings is 1. The van der Waals surface area contributed by atoms with Gasteiger partial charge in [0.1, 0.15) is 12.2 Å². The van der Waals surface area contributed by atoms with Crippen molar-refractivity contribution < 1.29 is 41.4 Å². The molecule has 30 heavy (non-hydrogen) atoms. The average molecular weight is 426 g/mol. The maximum Gasteiger partial charge on any atom is 0.416 e. The summed E-state index contributed by atoms with van der Waals surface area (Å²) in [4.78, 5) is 24.2. The summed E-state index contributed by atoms with van der Waals surface area (Å²) in [5.74, 6) is -0.283. The zero-order valence-electron chi connectivity index (χ0n) is 15.3. The van der Waals surface area contributed by atoms with E-state index in [0.717, 1.165) is 12.1 Å². The van der Waals surface area contributed by atoms with Crippen LogP contribution in [0.15, 0.2) is 47.1 Å². The number of hydrogen-bond donors (Lipinski definition) is 2. The van der Waals surface area contributed by atoms with Gasteiger partial charge in [-0.3, -0.25) is 10.1 Å². The van der Waals surface area contributed by atoms with E-state index in [1.165, 1.54) is 24.5 Å². The van der Waals surface area contributed by atoms with E-state index in [0.29, 0.717) is 0 Å². The number of nitrogens with one attached hydrogen (secondary N) is 2. The number of benzene rings is 1. The van der Waals surface area contributed by atoms with Crippen LogP contribution < -0.4 is 10.6 Å². The zero-order chi connectivity index (χ0) is 21.3. The van der Waals surface area contributed by atoms with Crippen molar-refractivity contribution in [3.05, 3.63) is 54.0 Å². The standard InChI is InChI=1S/C19H17F3N2O6/c20-19(21,22)10-3-1-4-11(7-10)23-18(26)30-14-9-29-15-12(8-28-16(14)15)24-17(25)13-5-2-6-27-13/h1-7,12,14-16H,8-9H2,(H,23,26)(H,24,25)/t12-,14+,15+,16+/m0/s1. The van der Waals surface area contributed by atoms with Gasteiger partial charge in [-0.25, -0.2) is 4.79 Å². The van der Waals surface area contributed by atoms with Gasteiger partial charge in [0.2, 0.25) is 0 Å². The summed E-state index contributed by atoms with van der Waals surface area (Å²) in [7, 11) is 0. The lowest BCUT2D eigenvalue weighted by Gasteiger charge is -2.18. The first-order chi connectivity index (χ1) is 14.3. The Morgan fingerprint density at radius 3 is 2.60 bits per heavy atom. The number of fused-ring (bicyclic) bond motifs is 1. The van der Waals surface area contributed by atoms with Crippen LogP contribution in [0.3, 0.4) is 0 Å². The van der Waals surface area contributed by atoms with Gasteiger partial charge in [0.15, 0.2) is 11.9 Å². The number of halogens is 3. The van der Waals surface area contributed by atoms with Crippen molar-refractivity contribution in [1.82, 2.24) is 5.32 Å². The van der Waals surface area contributed by atoms with Crippen molar-refractivity contribution in [1.29, 1.82) is 0 Å². The lowest BCUT2D eigenvalue weighted by Crippen LogP contribution is -2.44. The molecule has 0 bridgehead atoms. The summed E-state index contributed by atoms with van der Waals surface area (Å²) < 4.78 is 59.9. The largest absolute Gasteiger partial charge is 0.459 e. The number of ether oxygens (including phenoxy) is 3. The fraction of sp³-hybridized carbons (Fsp3) is 0.368. The van der Waals surface area contributed by atoms with E-state index in [1.54, 1.807) is 6.07 Å². The summed E-state index contributed by atoms with van der Waals surface area (Å²) in [6, 6.07) is 6.84. The molecule has 0 radical (unpaired) electrons. The van der Waals surface area contributed by atoms with Crippen LogP contribution in [0.2, 0.25) is 0 Å². The molecular formula is C19H17F3N2O6. The molecule has 2 aliphatic heterocycles. The Morgan fingerprint density at radius 2 is 1.87 bits per heavy atom. The number of rotatable bonds is 4. The van der Waals surface area contributed by atoms with E-state index >= 15 is 0 Å². The molecule has 2 fully saturated rings. The highest BCUT2D eigenvalue weighted by Gasteiger charge is 2.50. The molecule has 4 rings (SSSR count). The van der Waals surface area contributed by atoms with Gasteiger partial charge in [-0.2, -0.15) is 13.2 Å². The van der Waals surface area contributed by atoms with E-state index in [4.69, 9.17) is 18.6 Å². The first-order valence-electron chi connectivity index (χ1n) is 9.04. The van der Waals surface area contributed by atoms with Gasteiger partial charge in [0, 0.05) is 5.69 Å². The van der Waals surface area contributed by atoms with E-state index < -0.39 is 48.1 Å². The second-order valence-corrected chi connectivity index (χ2v) is 6.80. The van der Waals surface area contributed by atoms with Crippen molar-refractivity contribution >= 4 is 17.7 Å². The minimum atomic E-state index is -4.53. The summed E-state index contributed by atoms with van der Waals surface area (Å²) in [6.45, 7) is 0.176. The van der Waals surface area contributed by atoms with E-state index in [-0.39, 0.29) is 24.7 Å². The highest BCUT2D eigenvalue weighted by atomic mass is 19.4. The van der Waals surface area contributed by atoms with E-state index in [1.807, 2.05) is 0 Å². The summed E-state index contributed by atoms with van der Waals surface area (Å²) >= 11 is 0. The predicted octanol–water partition coefficient (Wildman–Crippen LogP) is 2.81. The van der Waals surface area contributed by atoms with Crippen LogP contribution in [0.1, 0.15) is 16.1 Å². The van der Waals surface area contributed by atoms with Gasteiger partial charge in [-0.05, 0) is 30.3 Å². The molecule has 0 aliphatic carbocycles. The van der Waals surface area contributed by atoms with Gasteiger partial charge in [-0.1, -0.05) is 6.07 Å². The third kappa shape index (κ3) is 4.26. The van der Waals surface area contributed by atoms with Gasteiger partial charge in [-0.15, -0.1) is 0 Å². The van der Waals surface area contributed by atoms with Crippen LogP contribution in [-0.4, -0.2) is 49.6 Å². The van der Waals surface area contributed by atoms with Gasteiger partial charge in [0.25, 0.3) is 5.91 Å². The molecule has 0 saturated carbocycles. The summed E-state index contributed by atoms with van der Waals surface area (Å²) in [5.41, 5.74) is -0.944. The third-order valence-corrected chi connectivity index (χ3v) is 4.76. The molecular weight excluding hydrogens is 409 g/mol. The van der Waals surface area contributed by atoms with E-state index in [2.05, 4.69) is 10.6 Å². The fourth-order valence-electron chi connectivity index (χ4n) is 3.39. The fourth-order valence-corrected chi connectivity index (χ4v) is 3.39. The number of carbonyl (C=O) groups is 2. The Kier molecular flexibility index (Phi) is 5.39. The molecule has 0 unspecified atom stereocenters. The molecule has 160 valence electrons. The van der Waals surface area contributed by atoms with Crippen LogP contribution >= 0.6 is 0 Å². The molecule has 11 heteroatoms. The maximum atomic E-state index is 12.8. The number of alkyl halides is 3. The van der Waals surface area contributed by atoms with Gasteiger partial charge in [0.05, 0.1) is 31.1 Å². The van der Waals surface area contributed by atoms with Crippen LogP contribution in [0.25, 0.3) is 0 Å². The minimum absolute atomic E-state index is 0.0263. The van der Waals surface area contributed by atoms with Crippen LogP contribution in [0, 0.1) is 0 Å². The quantitative estimate of drug-likeness (QED) is 0.780. The SMILES string of the molecule is O=C(Nc1cccc(C(F)(F)F)c1)O[C@@H]1CO[C@H]2[C@@H]1OC[C@@H]2NC(=O)c1ccco1. The minimum Gasteiger partial charge on any atom is -0.459 e. The topological polar surface area (TPSA) is 99.0 Å². The van der Waals surface area contributed by atoms with Crippen LogP contribution in [-0.2, 0) is 20.4 Å². The molecule has 1 aromatic heterocycles. The maximum absolute atomic E-state index is 12.8. The van der Waals surface area contributed by atoms with E-state index in [9.17, 15) is 22.8 Å². The third-order valence-electron chi connectivity index (χ3n) is 4.76. The second kappa shape index (κ2) is 8.00. The number of anilines is 1. The monoisotopic (exact) mass is 426 g/mol. The van der Waals surface area contributed by atoms with Crippen molar-refractivity contribution in [3.63, 3.8) is 0 Å². The molecule has 2 N–H and O–H groups in total. The Morgan fingerprint density at radius 1 is 1.07 bits per heavy atom. The summed E-state index contributed by atoms with van der Waals surface area (Å²) in [5, 5.41) is 5.01. The Hall–Kier alpha value is -3.05. The van der Waals surface area contributed by atoms with Crippen LogP contribution in [0.4, 0.5) is 23.7 Å². The molecule has 4 atom stereocenters. The Labute approximate surface area is 168 Å². The first-order valence-corrected chi connectivity index (χ1v) is 9.04. The molecule has 2 aromatic rings. The average Bonchev–Trinajstić information content (AvgIpc) is 3.42. The molecule has 2 amide bonds. The Balaban J connectivity index is 1.32. The van der Waals surface area contributed by atoms with Crippen molar-refractivity contribution in [2.45, 2.75) is 30.5 Å². The molecule has 1 aromatic carbocycles. The number of hydrogen-bond acceptors (Lipinski definition) is 6. The Bertz CT molecular complexity index is 917. The second-order valence-electron chi connectivity index (χ2n) is 6.80. The molecule has 3 heterocycles. The zero-order valence-corrected chi connectivity index (χ0v) is 15.3. The van der Waals surface area contributed by atoms with Crippen molar-refractivity contribution in [2.24, 2.45) is 0 Å². The van der Waals surface area contributed by atoms with Crippen molar-refractivity contribution in [3.8, 4) is 0 Å². The molecule has 0 spiro atoms. The highest BCUT2D eigenvalue weighted by molar-refractivity contribution is 5.91. The lowest BCUT2D eigenvalue weighted by atomic mass is 10.1. The molecule has 2 aliphatic rings. The van der Waals surface area contributed by atoms with Crippen LogP contribution in [0.5, 0.6) is 0 Å². The highest BCUT2D eigenvalue weighted by Crippen LogP contribution is 2.31. The van der Waals surface area contributed by atoms with Gasteiger partial charge < -0.3 is 23.9 Å². The predicted molar refractivity (Wildman–Crippen MR) is 94.8 cm³/mol. The molecule has 2 saturated heterocycles. The number of carbonyl (C=O) groups excluding carboxylic acids is 2. The lowest BCUT2D eigenvalue weighted by molar-refractivity contribution is -0.137. The normalized spacial score (nSPS) is 25.6. The summed E-state index contributed by atoms with van der Waals surface area (Å²) in [6.07, 6.45) is -6.00. The molecule has 8 nitrogen and oxygen atoms in total.